The molecule has 0 aliphatic heterocycles. The number of phenols is 2. The summed E-state index contributed by atoms with van der Waals surface area (Å²) in [5.74, 6) is -1.74. The lowest BCUT2D eigenvalue weighted by Gasteiger charge is -2.23. The number of rotatable bonds is 3. The molecule has 0 saturated carbocycles. The highest BCUT2D eigenvalue weighted by molar-refractivity contribution is 6.11. The van der Waals surface area contributed by atoms with E-state index >= 15 is 0 Å². The summed E-state index contributed by atoms with van der Waals surface area (Å²) < 4.78 is 13.7. The number of aromatic hydroxyl groups is 2. The minimum Gasteiger partial charge on any atom is -0.508 e. The summed E-state index contributed by atoms with van der Waals surface area (Å²) >= 11 is 0. The van der Waals surface area contributed by atoms with Crippen LogP contribution in [0.5, 0.6) is 11.5 Å². The van der Waals surface area contributed by atoms with E-state index in [9.17, 15) is 19.4 Å². The van der Waals surface area contributed by atoms with Crippen LogP contribution in [0.2, 0.25) is 0 Å². The average Bonchev–Trinajstić information content (AvgIpc) is 2.61. The summed E-state index contributed by atoms with van der Waals surface area (Å²) in [5.41, 5.74) is 2.27. The molecule has 3 rings (SSSR count). The largest absolute Gasteiger partial charge is 0.508 e. The number of phenolic OH excluding ortho intramolecular Hbond substituents is 2. The molecule has 2 N–H and O–H groups in total. The van der Waals surface area contributed by atoms with Gasteiger partial charge in [0.1, 0.15) is 5.75 Å². The molecule has 0 unspecified atom stereocenters. The Morgan fingerprint density at radius 1 is 0.880 bits per heavy atom. The van der Waals surface area contributed by atoms with Gasteiger partial charge in [0.25, 0.3) is 5.91 Å². The van der Waals surface area contributed by atoms with E-state index in [-0.39, 0.29) is 11.3 Å². The molecule has 0 spiro atoms. The maximum absolute atomic E-state index is 13.7. The van der Waals surface area contributed by atoms with E-state index in [2.05, 4.69) is 0 Å². The first-order valence-electron chi connectivity index (χ1n) is 7.64. The maximum Gasteiger partial charge on any atom is 0.262 e. The topological polar surface area (TPSA) is 60.8 Å². The monoisotopic (exact) mass is 337 g/mol. The Bertz CT molecular complexity index is 860. The van der Waals surface area contributed by atoms with Gasteiger partial charge in [0.15, 0.2) is 11.6 Å². The van der Waals surface area contributed by atoms with Crippen LogP contribution < -0.4 is 4.90 Å². The van der Waals surface area contributed by atoms with Crippen molar-refractivity contribution in [3.63, 3.8) is 0 Å². The number of halogens is 1. The van der Waals surface area contributed by atoms with Crippen molar-refractivity contribution in [2.24, 2.45) is 0 Å². The molecule has 3 aromatic rings. The zero-order chi connectivity index (χ0) is 18.0. The van der Waals surface area contributed by atoms with Gasteiger partial charge in [0, 0.05) is 16.9 Å². The lowest BCUT2D eigenvalue weighted by molar-refractivity contribution is 0.0998. The van der Waals surface area contributed by atoms with Crippen molar-refractivity contribution in [2.45, 2.75) is 6.92 Å². The summed E-state index contributed by atoms with van der Waals surface area (Å²) in [4.78, 5) is 14.4. The van der Waals surface area contributed by atoms with Crippen LogP contribution >= 0.6 is 0 Å². The molecule has 0 aromatic heterocycles. The second-order valence-electron chi connectivity index (χ2n) is 5.66. The van der Waals surface area contributed by atoms with Crippen molar-refractivity contribution in [3.05, 3.63) is 83.7 Å². The van der Waals surface area contributed by atoms with Crippen molar-refractivity contribution in [1.82, 2.24) is 0 Å². The fourth-order valence-electron chi connectivity index (χ4n) is 2.45. The molecule has 0 bridgehead atoms. The lowest BCUT2D eigenvalue weighted by atomic mass is 10.1. The maximum atomic E-state index is 13.7. The minimum atomic E-state index is -0.861. The first kappa shape index (κ1) is 16.5. The second kappa shape index (κ2) is 6.65. The van der Waals surface area contributed by atoms with Crippen LogP contribution in [-0.4, -0.2) is 16.1 Å². The highest BCUT2D eigenvalue weighted by atomic mass is 19.1. The zero-order valence-electron chi connectivity index (χ0n) is 13.5. The Morgan fingerprint density at radius 2 is 1.44 bits per heavy atom. The Kier molecular flexibility index (Phi) is 4.39. The molecule has 0 aliphatic carbocycles. The van der Waals surface area contributed by atoms with Crippen LogP contribution in [0.4, 0.5) is 15.8 Å². The first-order chi connectivity index (χ1) is 12.0. The van der Waals surface area contributed by atoms with Crippen LogP contribution in [0.3, 0.4) is 0 Å². The predicted octanol–water partition coefficient (Wildman–Crippen LogP) is 4.52. The Hall–Kier alpha value is -3.34. The molecule has 4 nitrogen and oxygen atoms in total. The van der Waals surface area contributed by atoms with Gasteiger partial charge in [-0.15, -0.1) is 0 Å². The number of aryl methyl sites for hydroxylation is 1. The van der Waals surface area contributed by atoms with Crippen molar-refractivity contribution in [2.75, 3.05) is 4.90 Å². The van der Waals surface area contributed by atoms with Gasteiger partial charge in [-0.3, -0.25) is 9.69 Å². The van der Waals surface area contributed by atoms with Crippen molar-refractivity contribution >= 4 is 17.3 Å². The molecular weight excluding hydrogens is 321 g/mol. The summed E-state index contributed by atoms with van der Waals surface area (Å²) in [6, 6.07) is 17.0. The number of hydrogen-bond acceptors (Lipinski definition) is 3. The van der Waals surface area contributed by atoms with E-state index < -0.39 is 17.5 Å². The fraction of sp³-hybridized carbons (Fsp3) is 0.0500. The highest BCUT2D eigenvalue weighted by Gasteiger charge is 2.21. The predicted molar refractivity (Wildman–Crippen MR) is 93.8 cm³/mol. The third kappa shape index (κ3) is 3.45. The molecule has 0 fully saturated rings. The standard InChI is InChI=1S/C20H16FNO3/c1-13-2-5-15(6-3-13)22(16-7-9-17(23)10-8-16)20(25)14-4-11-19(24)18(21)12-14/h2-12,23-24H,1H3. The van der Waals surface area contributed by atoms with Gasteiger partial charge in [-0.2, -0.15) is 0 Å². The molecule has 0 atom stereocenters. The van der Waals surface area contributed by atoms with Gasteiger partial charge < -0.3 is 10.2 Å². The summed E-state index contributed by atoms with van der Waals surface area (Å²) in [6.45, 7) is 1.94. The Labute approximate surface area is 144 Å². The third-order valence-corrected chi connectivity index (χ3v) is 3.80. The molecule has 0 radical (unpaired) electrons. The average molecular weight is 337 g/mol. The van der Waals surface area contributed by atoms with Crippen LogP contribution in [0.15, 0.2) is 66.7 Å². The Balaban J connectivity index is 2.09. The van der Waals surface area contributed by atoms with Gasteiger partial charge in [-0.1, -0.05) is 17.7 Å². The van der Waals surface area contributed by atoms with E-state index in [1.165, 1.54) is 23.1 Å². The van der Waals surface area contributed by atoms with E-state index in [1.54, 1.807) is 24.3 Å². The third-order valence-electron chi connectivity index (χ3n) is 3.80. The van der Waals surface area contributed by atoms with Crippen LogP contribution in [-0.2, 0) is 0 Å². The van der Waals surface area contributed by atoms with E-state index in [4.69, 9.17) is 0 Å². The highest BCUT2D eigenvalue weighted by Crippen LogP contribution is 2.30. The van der Waals surface area contributed by atoms with E-state index in [0.29, 0.717) is 11.4 Å². The van der Waals surface area contributed by atoms with Gasteiger partial charge in [-0.25, -0.2) is 4.39 Å². The smallest absolute Gasteiger partial charge is 0.262 e. The summed E-state index contributed by atoms with van der Waals surface area (Å²) in [6.07, 6.45) is 0. The summed E-state index contributed by atoms with van der Waals surface area (Å²) in [7, 11) is 0. The normalized spacial score (nSPS) is 10.5. The quantitative estimate of drug-likeness (QED) is 0.738. The van der Waals surface area contributed by atoms with E-state index in [0.717, 1.165) is 17.7 Å². The number of nitrogens with zero attached hydrogens (tertiary/aromatic N) is 1. The first-order valence-corrected chi connectivity index (χ1v) is 7.64. The SMILES string of the molecule is Cc1ccc(N(C(=O)c2ccc(O)c(F)c2)c2ccc(O)cc2)cc1. The molecular formula is C20H16FNO3. The van der Waals surface area contributed by atoms with Gasteiger partial charge in [-0.05, 0) is 61.5 Å². The van der Waals surface area contributed by atoms with Crippen LogP contribution in [0, 0.1) is 12.7 Å². The van der Waals surface area contributed by atoms with E-state index in [1.807, 2.05) is 19.1 Å². The van der Waals surface area contributed by atoms with Crippen molar-refractivity contribution in [3.8, 4) is 11.5 Å². The van der Waals surface area contributed by atoms with Gasteiger partial charge >= 0.3 is 0 Å². The van der Waals surface area contributed by atoms with Crippen molar-refractivity contribution in [1.29, 1.82) is 0 Å². The van der Waals surface area contributed by atoms with Gasteiger partial charge in [0.2, 0.25) is 0 Å². The molecule has 126 valence electrons. The lowest BCUT2D eigenvalue weighted by Crippen LogP contribution is -2.26. The number of anilines is 2. The molecule has 3 aromatic carbocycles. The molecule has 25 heavy (non-hydrogen) atoms. The second-order valence-corrected chi connectivity index (χ2v) is 5.66. The fourth-order valence-corrected chi connectivity index (χ4v) is 2.45. The number of carbonyl (C=O) groups is 1. The van der Waals surface area contributed by atoms with Crippen LogP contribution in [0.1, 0.15) is 15.9 Å². The minimum absolute atomic E-state index is 0.0794. The molecule has 1 amide bonds. The zero-order valence-corrected chi connectivity index (χ0v) is 13.5. The number of carbonyl (C=O) groups excluding carboxylic acids is 1. The van der Waals surface area contributed by atoms with Crippen molar-refractivity contribution < 1.29 is 19.4 Å². The summed E-state index contributed by atoms with van der Waals surface area (Å²) in [5, 5.41) is 18.8. The number of hydrogen-bond donors (Lipinski definition) is 2. The number of benzene rings is 3. The number of amides is 1. The van der Waals surface area contributed by atoms with Crippen LogP contribution in [0.25, 0.3) is 0 Å². The Morgan fingerprint density at radius 3 is 2.00 bits per heavy atom. The van der Waals surface area contributed by atoms with Gasteiger partial charge in [0.05, 0.1) is 0 Å². The molecule has 5 heteroatoms. The molecule has 0 saturated heterocycles. The molecule has 0 heterocycles. The molecule has 0 aliphatic rings.